The molecule has 0 saturated carbocycles. The molecule has 3 nitrogen and oxygen atoms in total. The van der Waals surface area contributed by atoms with Crippen molar-refractivity contribution in [3.05, 3.63) is 29.3 Å². The lowest BCUT2D eigenvalue weighted by Gasteiger charge is -2.08. The van der Waals surface area contributed by atoms with Gasteiger partial charge in [-0.3, -0.25) is 4.79 Å². The molecule has 100 valence electrons. The third-order valence-electron chi connectivity index (χ3n) is 2.75. The lowest BCUT2D eigenvalue weighted by molar-refractivity contribution is -0.115. The zero-order valence-corrected chi connectivity index (χ0v) is 11.7. The van der Waals surface area contributed by atoms with E-state index in [9.17, 15) is 4.79 Å². The molecule has 0 aliphatic rings. The van der Waals surface area contributed by atoms with Gasteiger partial charge in [0.25, 0.3) is 0 Å². The van der Waals surface area contributed by atoms with Crippen LogP contribution in [0.2, 0.25) is 0 Å². The number of unbranched alkanes of at least 4 members (excludes halogenated alkanes) is 2. The van der Waals surface area contributed by atoms with Gasteiger partial charge in [0, 0.05) is 5.69 Å². The van der Waals surface area contributed by atoms with Gasteiger partial charge in [0.1, 0.15) is 0 Å². The van der Waals surface area contributed by atoms with Gasteiger partial charge in [-0.2, -0.15) is 0 Å². The first kappa shape index (κ1) is 14.7. The summed E-state index contributed by atoms with van der Waals surface area (Å²) < 4.78 is 0. The van der Waals surface area contributed by atoms with Crippen molar-refractivity contribution < 1.29 is 4.79 Å². The topological polar surface area (TPSA) is 41.1 Å². The fraction of sp³-hybridized carbons (Fsp3) is 0.533. The highest BCUT2D eigenvalue weighted by molar-refractivity contribution is 5.92. The summed E-state index contributed by atoms with van der Waals surface area (Å²) in [5.74, 6) is 0.0245. The van der Waals surface area contributed by atoms with Crippen LogP contribution in [0.4, 0.5) is 5.69 Å². The van der Waals surface area contributed by atoms with Crippen LogP contribution in [0.3, 0.4) is 0 Å². The quantitative estimate of drug-likeness (QED) is 0.728. The van der Waals surface area contributed by atoms with Gasteiger partial charge in [-0.25, -0.2) is 0 Å². The summed E-state index contributed by atoms with van der Waals surface area (Å²) in [4.78, 5) is 11.7. The molecule has 1 amide bonds. The Balaban J connectivity index is 2.31. The fourth-order valence-electron chi connectivity index (χ4n) is 1.95. The molecule has 0 atom stereocenters. The minimum atomic E-state index is 0.0245. The smallest absolute Gasteiger partial charge is 0.238 e. The number of hydrogen-bond donors (Lipinski definition) is 2. The molecule has 1 rings (SSSR count). The van der Waals surface area contributed by atoms with Gasteiger partial charge in [-0.15, -0.1) is 0 Å². The molecule has 0 aromatic heterocycles. The highest BCUT2D eigenvalue weighted by Gasteiger charge is 2.02. The number of aryl methyl sites for hydroxylation is 2. The first-order valence-corrected chi connectivity index (χ1v) is 6.70. The number of benzene rings is 1. The predicted octanol–water partition coefficient (Wildman–Crippen LogP) is 3.02. The summed E-state index contributed by atoms with van der Waals surface area (Å²) in [6.45, 7) is 7.54. The molecule has 0 saturated heterocycles. The number of anilines is 1. The van der Waals surface area contributed by atoms with Crippen LogP contribution in [-0.4, -0.2) is 19.0 Å². The van der Waals surface area contributed by atoms with E-state index >= 15 is 0 Å². The Morgan fingerprint density at radius 2 is 1.78 bits per heavy atom. The third-order valence-corrected chi connectivity index (χ3v) is 2.75. The average molecular weight is 248 g/mol. The number of rotatable bonds is 7. The van der Waals surface area contributed by atoms with Crippen LogP contribution in [0.15, 0.2) is 18.2 Å². The fourth-order valence-corrected chi connectivity index (χ4v) is 1.95. The van der Waals surface area contributed by atoms with Crippen molar-refractivity contribution in [3.63, 3.8) is 0 Å². The van der Waals surface area contributed by atoms with E-state index in [1.54, 1.807) is 0 Å². The van der Waals surface area contributed by atoms with E-state index in [2.05, 4.69) is 23.6 Å². The van der Waals surface area contributed by atoms with Gasteiger partial charge in [-0.05, 0) is 50.1 Å². The molecule has 2 N–H and O–H groups in total. The van der Waals surface area contributed by atoms with Crippen LogP contribution in [-0.2, 0) is 4.79 Å². The summed E-state index contributed by atoms with van der Waals surface area (Å²) in [6.07, 6.45) is 3.55. The third kappa shape index (κ3) is 5.82. The summed E-state index contributed by atoms with van der Waals surface area (Å²) >= 11 is 0. The van der Waals surface area contributed by atoms with E-state index in [4.69, 9.17) is 0 Å². The first-order chi connectivity index (χ1) is 8.61. The lowest BCUT2D eigenvalue weighted by atomic mass is 10.1. The maximum atomic E-state index is 11.7. The summed E-state index contributed by atoms with van der Waals surface area (Å²) in [6, 6.07) is 6.07. The molecule has 0 aliphatic carbocycles. The Bertz CT molecular complexity index is 368. The van der Waals surface area contributed by atoms with E-state index < -0.39 is 0 Å². The van der Waals surface area contributed by atoms with Crippen molar-refractivity contribution in [2.24, 2.45) is 0 Å². The van der Waals surface area contributed by atoms with Crippen molar-refractivity contribution >= 4 is 11.6 Å². The minimum absolute atomic E-state index is 0.0245. The second-order valence-corrected chi connectivity index (χ2v) is 4.81. The number of hydrogen-bond acceptors (Lipinski definition) is 2. The molecule has 18 heavy (non-hydrogen) atoms. The van der Waals surface area contributed by atoms with Crippen LogP contribution in [0.5, 0.6) is 0 Å². The van der Waals surface area contributed by atoms with Gasteiger partial charge in [0.15, 0.2) is 0 Å². The molecule has 0 radical (unpaired) electrons. The highest BCUT2D eigenvalue weighted by Crippen LogP contribution is 2.13. The average Bonchev–Trinajstić information content (AvgIpc) is 2.27. The minimum Gasteiger partial charge on any atom is -0.325 e. The number of nitrogens with one attached hydrogen (secondary N) is 2. The zero-order chi connectivity index (χ0) is 13.4. The van der Waals surface area contributed by atoms with Crippen LogP contribution in [0.25, 0.3) is 0 Å². The molecule has 0 aliphatic heterocycles. The second kappa shape index (κ2) is 7.88. The van der Waals surface area contributed by atoms with E-state index in [0.717, 1.165) is 18.7 Å². The molecule has 0 fully saturated rings. The number of amides is 1. The number of carbonyl (C=O) groups is 1. The van der Waals surface area contributed by atoms with Crippen molar-refractivity contribution in [2.75, 3.05) is 18.4 Å². The molecule has 0 heterocycles. The Morgan fingerprint density at radius 3 is 2.39 bits per heavy atom. The largest absolute Gasteiger partial charge is 0.325 e. The second-order valence-electron chi connectivity index (χ2n) is 4.81. The summed E-state index contributed by atoms with van der Waals surface area (Å²) in [7, 11) is 0. The Kier molecular flexibility index (Phi) is 6.44. The van der Waals surface area contributed by atoms with E-state index in [1.165, 1.54) is 24.0 Å². The van der Waals surface area contributed by atoms with E-state index in [1.807, 2.05) is 26.0 Å². The Hall–Kier alpha value is -1.35. The standard InChI is InChI=1S/C15H24N2O/c1-4-5-6-7-16-11-15(18)17-14-9-12(2)8-13(3)10-14/h8-10,16H,4-7,11H2,1-3H3,(H,17,18). The molecule has 0 unspecified atom stereocenters. The van der Waals surface area contributed by atoms with Crippen LogP contribution in [0, 0.1) is 13.8 Å². The Morgan fingerprint density at radius 1 is 1.11 bits per heavy atom. The monoisotopic (exact) mass is 248 g/mol. The van der Waals surface area contributed by atoms with Gasteiger partial charge in [0.05, 0.1) is 6.54 Å². The molecule has 1 aromatic carbocycles. The van der Waals surface area contributed by atoms with Crippen LogP contribution >= 0.6 is 0 Å². The van der Waals surface area contributed by atoms with Crippen LogP contribution in [0.1, 0.15) is 37.3 Å². The predicted molar refractivity (Wildman–Crippen MR) is 76.9 cm³/mol. The van der Waals surface area contributed by atoms with Gasteiger partial charge in [0.2, 0.25) is 5.91 Å². The zero-order valence-electron chi connectivity index (χ0n) is 11.7. The summed E-state index contributed by atoms with van der Waals surface area (Å²) in [5.41, 5.74) is 3.22. The summed E-state index contributed by atoms with van der Waals surface area (Å²) in [5, 5.41) is 6.07. The number of carbonyl (C=O) groups excluding carboxylic acids is 1. The van der Waals surface area contributed by atoms with E-state index in [0.29, 0.717) is 6.54 Å². The molecule has 1 aromatic rings. The van der Waals surface area contributed by atoms with Gasteiger partial charge in [-0.1, -0.05) is 25.8 Å². The maximum absolute atomic E-state index is 11.7. The lowest BCUT2D eigenvalue weighted by Crippen LogP contribution is -2.28. The van der Waals surface area contributed by atoms with Crippen molar-refractivity contribution in [2.45, 2.75) is 40.0 Å². The highest BCUT2D eigenvalue weighted by atomic mass is 16.1. The van der Waals surface area contributed by atoms with E-state index in [-0.39, 0.29) is 5.91 Å². The molecular formula is C15H24N2O. The van der Waals surface area contributed by atoms with Crippen molar-refractivity contribution in [1.82, 2.24) is 5.32 Å². The Labute approximate surface area is 110 Å². The first-order valence-electron chi connectivity index (χ1n) is 6.70. The molecule has 3 heteroatoms. The van der Waals surface area contributed by atoms with Gasteiger partial charge < -0.3 is 10.6 Å². The normalized spacial score (nSPS) is 10.4. The van der Waals surface area contributed by atoms with Crippen molar-refractivity contribution in [3.8, 4) is 0 Å². The molecule has 0 bridgehead atoms. The molecular weight excluding hydrogens is 224 g/mol. The van der Waals surface area contributed by atoms with Gasteiger partial charge >= 0.3 is 0 Å². The maximum Gasteiger partial charge on any atom is 0.238 e. The molecule has 0 spiro atoms. The van der Waals surface area contributed by atoms with Crippen LogP contribution < -0.4 is 10.6 Å². The SMILES string of the molecule is CCCCCNCC(=O)Nc1cc(C)cc(C)c1. The van der Waals surface area contributed by atoms with Crippen molar-refractivity contribution in [1.29, 1.82) is 0 Å².